The zero-order valence-electron chi connectivity index (χ0n) is 11.1. The molecule has 1 aromatic heterocycles. The van der Waals surface area contributed by atoms with Crippen LogP contribution in [0.5, 0.6) is 0 Å². The lowest BCUT2D eigenvalue weighted by molar-refractivity contribution is 0.281. The van der Waals surface area contributed by atoms with Gasteiger partial charge in [-0.3, -0.25) is 0 Å². The van der Waals surface area contributed by atoms with Gasteiger partial charge in [0.2, 0.25) is 10.0 Å². The normalized spacial score (nSPS) is 13.3. The summed E-state index contributed by atoms with van der Waals surface area (Å²) in [5.74, 6) is 0. The Morgan fingerprint density at radius 3 is 2.90 bits per heavy atom. The molecule has 0 aliphatic rings. The Morgan fingerprint density at radius 1 is 1.45 bits per heavy atom. The molecule has 2 rings (SSSR count). The third kappa shape index (κ3) is 3.66. The number of aromatic nitrogens is 2. The third-order valence-electron chi connectivity index (χ3n) is 2.79. The summed E-state index contributed by atoms with van der Waals surface area (Å²) in [7, 11) is -3.59. The molecule has 0 radical (unpaired) electrons. The summed E-state index contributed by atoms with van der Waals surface area (Å²) >= 11 is 0. The smallest absolute Gasteiger partial charge is 0.240 e. The highest BCUT2D eigenvalue weighted by atomic mass is 32.2. The molecule has 0 amide bonds. The molecule has 2 aromatic rings. The molecular formula is C13H17N3O3S. The first-order chi connectivity index (χ1) is 9.51. The van der Waals surface area contributed by atoms with Gasteiger partial charge in [-0.05, 0) is 24.6 Å². The van der Waals surface area contributed by atoms with E-state index in [-0.39, 0.29) is 17.5 Å². The van der Waals surface area contributed by atoms with Crippen molar-refractivity contribution in [2.75, 3.05) is 0 Å². The number of hydrogen-bond acceptors (Lipinski definition) is 4. The van der Waals surface area contributed by atoms with Gasteiger partial charge in [0.15, 0.2) is 0 Å². The van der Waals surface area contributed by atoms with E-state index in [2.05, 4.69) is 9.71 Å². The van der Waals surface area contributed by atoms with Crippen molar-refractivity contribution in [2.24, 2.45) is 0 Å². The molecule has 1 unspecified atom stereocenters. The molecule has 0 bridgehead atoms. The van der Waals surface area contributed by atoms with Crippen LogP contribution in [0.4, 0.5) is 0 Å². The van der Waals surface area contributed by atoms with Crippen molar-refractivity contribution < 1.29 is 13.5 Å². The second-order valence-electron chi connectivity index (χ2n) is 4.59. The van der Waals surface area contributed by atoms with Gasteiger partial charge in [-0.1, -0.05) is 12.1 Å². The van der Waals surface area contributed by atoms with Crippen LogP contribution in [0.2, 0.25) is 0 Å². The summed E-state index contributed by atoms with van der Waals surface area (Å²) in [5, 5.41) is 9.06. The van der Waals surface area contributed by atoms with E-state index in [1.165, 1.54) is 12.1 Å². The lowest BCUT2D eigenvalue weighted by Crippen LogP contribution is -2.35. The average Bonchev–Trinajstić information content (AvgIpc) is 2.91. The average molecular weight is 295 g/mol. The molecule has 0 saturated heterocycles. The Hall–Kier alpha value is -1.70. The molecule has 1 heterocycles. The Kier molecular flexibility index (Phi) is 4.53. The van der Waals surface area contributed by atoms with Crippen LogP contribution < -0.4 is 4.72 Å². The van der Waals surface area contributed by atoms with Crippen molar-refractivity contribution >= 4 is 10.0 Å². The highest BCUT2D eigenvalue weighted by Gasteiger charge is 2.17. The van der Waals surface area contributed by atoms with Gasteiger partial charge in [0.05, 0.1) is 17.8 Å². The molecule has 0 saturated carbocycles. The Balaban J connectivity index is 2.10. The van der Waals surface area contributed by atoms with Crippen LogP contribution in [-0.4, -0.2) is 29.1 Å². The molecular weight excluding hydrogens is 278 g/mol. The third-order valence-corrected chi connectivity index (χ3v) is 4.38. The first-order valence-electron chi connectivity index (χ1n) is 6.19. The van der Waals surface area contributed by atoms with Crippen LogP contribution in [0.25, 0.3) is 0 Å². The molecule has 20 heavy (non-hydrogen) atoms. The molecule has 1 atom stereocenters. The lowest BCUT2D eigenvalue weighted by Gasteiger charge is -2.15. The first-order valence-corrected chi connectivity index (χ1v) is 7.67. The molecule has 1 aromatic carbocycles. The van der Waals surface area contributed by atoms with Gasteiger partial charge in [0, 0.05) is 25.0 Å². The van der Waals surface area contributed by atoms with E-state index in [9.17, 15) is 8.42 Å². The summed E-state index contributed by atoms with van der Waals surface area (Å²) in [6, 6.07) is 5.98. The largest absolute Gasteiger partial charge is 0.392 e. The zero-order chi connectivity index (χ0) is 14.6. The van der Waals surface area contributed by atoms with Gasteiger partial charge >= 0.3 is 0 Å². The van der Waals surface area contributed by atoms with E-state index in [0.29, 0.717) is 12.1 Å². The summed E-state index contributed by atoms with van der Waals surface area (Å²) < 4.78 is 28.9. The second-order valence-corrected chi connectivity index (χ2v) is 6.30. The lowest BCUT2D eigenvalue weighted by atomic mass is 10.2. The van der Waals surface area contributed by atoms with E-state index < -0.39 is 10.0 Å². The van der Waals surface area contributed by atoms with Crippen LogP contribution in [0.3, 0.4) is 0 Å². The topological polar surface area (TPSA) is 84.2 Å². The number of nitrogens with zero attached hydrogens (tertiary/aromatic N) is 2. The van der Waals surface area contributed by atoms with Gasteiger partial charge in [0.25, 0.3) is 0 Å². The first kappa shape index (κ1) is 14.7. The molecule has 7 heteroatoms. The van der Waals surface area contributed by atoms with Gasteiger partial charge in [-0.15, -0.1) is 0 Å². The minimum Gasteiger partial charge on any atom is -0.392 e. The fourth-order valence-corrected chi connectivity index (χ4v) is 3.20. The van der Waals surface area contributed by atoms with Gasteiger partial charge in [-0.25, -0.2) is 18.1 Å². The quantitative estimate of drug-likeness (QED) is 0.823. The second kappa shape index (κ2) is 6.17. The molecule has 0 aliphatic carbocycles. The van der Waals surface area contributed by atoms with Crippen molar-refractivity contribution in [2.45, 2.75) is 31.0 Å². The van der Waals surface area contributed by atoms with Crippen molar-refractivity contribution in [1.29, 1.82) is 0 Å². The molecule has 0 aliphatic heterocycles. The molecule has 0 spiro atoms. The summed E-state index contributed by atoms with van der Waals surface area (Å²) in [5.41, 5.74) is 0.565. The van der Waals surface area contributed by atoms with Gasteiger partial charge in [-0.2, -0.15) is 0 Å². The highest BCUT2D eigenvalue weighted by molar-refractivity contribution is 7.89. The molecule has 0 fully saturated rings. The SMILES string of the molecule is CC(Cn1ccnc1)NS(=O)(=O)c1cccc(CO)c1. The van der Waals surface area contributed by atoms with Crippen molar-refractivity contribution in [3.05, 3.63) is 48.5 Å². The zero-order valence-corrected chi connectivity index (χ0v) is 11.9. The molecule has 108 valence electrons. The van der Waals surface area contributed by atoms with E-state index in [0.717, 1.165) is 0 Å². The fraction of sp³-hybridized carbons (Fsp3) is 0.308. The predicted molar refractivity (Wildman–Crippen MR) is 74.4 cm³/mol. The van der Waals surface area contributed by atoms with Crippen LogP contribution in [0.15, 0.2) is 47.9 Å². The summed E-state index contributed by atoms with van der Waals surface area (Å²) in [4.78, 5) is 4.06. The maximum absolute atomic E-state index is 12.2. The Labute approximate surface area is 118 Å². The Morgan fingerprint density at radius 2 is 2.25 bits per heavy atom. The number of aliphatic hydroxyl groups excluding tert-OH is 1. The monoisotopic (exact) mass is 295 g/mol. The van der Waals surface area contributed by atoms with Crippen LogP contribution >= 0.6 is 0 Å². The highest BCUT2D eigenvalue weighted by Crippen LogP contribution is 2.12. The molecule has 6 nitrogen and oxygen atoms in total. The van der Waals surface area contributed by atoms with E-state index in [1.54, 1.807) is 42.3 Å². The van der Waals surface area contributed by atoms with Crippen LogP contribution in [0.1, 0.15) is 12.5 Å². The van der Waals surface area contributed by atoms with E-state index in [1.807, 2.05) is 0 Å². The number of aliphatic hydroxyl groups is 1. The Bertz CT molecular complexity index is 653. The van der Waals surface area contributed by atoms with Crippen molar-refractivity contribution in [3.8, 4) is 0 Å². The number of imidazole rings is 1. The molecule has 2 N–H and O–H groups in total. The van der Waals surface area contributed by atoms with Crippen molar-refractivity contribution in [1.82, 2.24) is 14.3 Å². The predicted octanol–water partition coefficient (Wildman–Crippen LogP) is 0.742. The van der Waals surface area contributed by atoms with E-state index in [4.69, 9.17) is 5.11 Å². The number of benzene rings is 1. The summed E-state index contributed by atoms with van der Waals surface area (Å²) in [6.07, 6.45) is 5.06. The standard InChI is InChI=1S/C13H17N3O3S/c1-11(8-16-6-5-14-10-16)15-20(18,19)13-4-2-3-12(7-13)9-17/h2-7,10-11,15,17H,8-9H2,1H3. The van der Waals surface area contributed by atoms with Gasteiger partial charge < -0.3 is 9.67 Å². The van der Waals surface area contributed by atoms with Crippen LogP contribution in [0, 0.1) is 0 Å². The minimum absolute atomic E-state index is 0.154. The fourth-order valence-electron chi connectivity index (χ4n) is 1.89. The minimum atomic E-state index is -3.59. The van der Waals surface area contributed by atoms with E-state index >= 15 is 0 Å². The van der Waals surface area contributed by atoms with Crippen LogP contribution in [-0.2, 0) is 23.2 Å². The number of rotatable bonds is 6. The number of hydrogen-bond donors (Lipinski definition) is 2. The summed E-state index contributed by atoms with van der Waals surface area (Å²) in [6.45, 7) is 2.10. The maximum atomic E-state index is 12.2. The number of sulfonamides is 1. The van der Waals surface area contributed by atoms with Crippen molar-refractivity contribution in [3.63, 3.8) is 0 Å². The number of nitrogens with one attached hydrogen (secondary N) is 1. The van der Waals surface area contributed by atoms with Gasteiger partial charge in [0.1, 0.15) is 0 Å². The maximum Gasteiger partial charge on any atom is 0.240 e.